The molecule has 0 aliphatic rings. The fraction of sp³-hybridized carbons (Fsp3) is 0.877. The van der Waals surface area contributed by atoms with Gasteiger partial charge in [0.2, 0.25) is 0 Å². The van der Waals surface area contributed by atoms with E-state index in [4.69, 9.17) is 14.2 Å². The van der Waals surface area contributed by atoms with Crippen molar-refractivity contribution in [2.45, 2.75) is 309 Å². The zero-order valence-electron chi connectivity index (χ0n) is 42.4. The molecule has 1 unspecified atom stereocenters. The molecule has 1 atom stereocenters. The number of unbranched alkanes of at least 4 members (excludes halogenated alkanes) is 36. The highest BCUT2D eigenvalue weighted by molar-refractivity contribution is 5.71. The Morgan fingerprint density at radius 3 is 0.794 bits per heavy atom. The first kappa shape index (κ1) is 60.9. The van der Waals surface area contributed by atoms with Gasteiger partial charge in [-0.3, -0.25) is 14.4 Å². The minimum absolute atomic E-state index is 0.0719. The maximum absolute atomic E-state index is 12.7. The molecule has 0 saturated heterocycles. The molecule has 0 aromatic carbocycles. The summed E-state index contributed by atoms with van der Waals surface area (Å²) in [6.07, 6.45) is 60.8. The molecule has 0 aliphatic heterocycles. The van der Waals surface area contributed by atoms with Crippen LogP contribution in [0.5, 0.6) is 0 Å². The monoisotopic (exact) mass is 887 g/mol. The maximum Gasteiger partial charge on any atom is 0.306 e. The van der Waals surface area contributed by atoms with Crippen LogP contribution >= 0.6 is 0 Å². The molecule has 6 nitrogen and oxygen atoms in total. The summed E-state index contributed by atoms with van der Waals surface area (Å²) in [6, 6.07) is 0. The third-order valence-electron chi connectivity index (χ3n) is 12.4. The molecular weight excluding hydrogens is 781 g/mol. The lowest BCUT2D eigenvalue weighted by Gasteiger charge is -2.18. The van der Waals surface area contributed by atoms with Crippen LogP contribution in [0.3, 0.4) is 0 Å². The van der Waals surface area contributed by atoms with E-state index in [1.807, 2.05) is 0 Å². The third-order valence-corrected chi connectivity index (χ3v) is 12.4. The second-order valence-electron chi connectivity index (χ2n) is 18.8. The van der Waals surface area contributed by atoms with Gasteiger partial charge >= 0.3 is 17.9 Å². The second-order valence-corrected chi connectivity index (χ2v) is 18.8. The van der Waals surface area contributed by atoms with Gasteiger partial charge in [-0.05, 0) is 70.6 Å². The Bertz CT molecular complexity index is 1020. The minimum atomic E-state index is -0.768. The Labute approximate surface area is 392 Å². The summed E-state index contributed by atoms with van der Waals surface area (Å²) in [6.45, 7) is 6.57. The van der Waals surface area contributed by atoms with Crippen LogP contribution in [0.1, 0.15) is 303 Å². The predicted molar refractivity (Wildman–Crippen MR) is 270 cm³/mol. The van der Waals surface area contributed by atoms with Crippen LogP contribution in [-0.4, -0.2) is 37.2 Å². The van der Waals surface area contributed by atoms with E-state index in [0.717, 1.165) is 70.6 Å². The van der Waals surface area contributed by atoms with Gasteiger partial charge in [0.05, 0.1) is 0 Å². The van der Waals surface area contributed by atoms with E-state index < -0.39 is 6.10 Å². The first-order valence-electron chi connectivity index (χ1n) is 27.8. The lowest BCUT2D eigenvalue weighted by molar-refractivity contribution is -0.167. The van der Waals surface area contributed by atoms with Gasteiger partial charge < -0.3 is 14.2 Å². The topological polar surface area (TPSA) is 78.9 Å². The summed E-state index contributed by atoms with van der Waals surface area (Å²) >= 11 is 0. The molecule has 0 N–H and O–H groups in total. The molecule has 0 amide bonds. The number of esters is 3. The molecule has 0 aliphatic carbocycles. The lowest BCUT2D eigenvalue weighted by atomic mass is 10.0. The number of ether oxygens (including phenoxy) is 3. The first-order chi connectivity index (χ1) is 31.0. The van der Waals surface area contributed by atoms with E-state index in [9.17, 15) is 14.4 Å². The number of allylic oxidation sites excluding steroid dienone is 4. The van der Waals surface area contributed by atoms with Crippen molar-refractivity contribution in [3.63, 3.8) is 0 Å². The summed E-state index contributed by atoms with van der Waals surface area (Å²) in [4.78, 5) is 37.7. The number of hydrogen-bond acceptors (Lipinski definition) is 6. The van der Waals surface area contributed by atoms with Crippen molar-refractivity contribution in [2.75, 3.05) is 13.2 Å². The molecule has 0 rings (SSSR count). The number of rotatable bonds is 51. The minimum Gasteiger partial charge on any atom is -0.462 e. The van der Waals surface area contributed by atoms with E-state index in [1.54, 1.807) is 0 Å². The Morgan fingerprint density at radius 1 is 0.302 bits per heavy atom. The van der Waals surface area contributed by atoms with Gasteiger partial charge in [-0.15, -0.1) is 0 Å². The summed E-state index contributed by atoms with van der Waals surface area (Å²) in [5.41, 5.74) is 0. The molecule has 0 heterocycles. The Morgan fingerprint density at radius 2 is 0.524 bits per heavy atom. The fourth-order valence-corrected chi connectivity index (χ4v) is 8.20. The van der Waals surface area contributed by atoms with E-state index in [2.05, 4.69) is 45.1 Å². The van der Waals surface area contributed by atoms with Gasteiger partial charge in [0.15, 0.2) is 6.10 Å². The summed E-state index contributed by atoms with van der Waals surface area (Å²) < 4.78 is 16.7. The van der Waals surface area contributed by atoms with Crippen molar-refractivity contribution in [2.24, 2.45) is 0 Å². The van der Waals surface area contributed by atoms with Gasteiger partial charge in [-0.25, -0.2) is 0 Å². The molecule has 0 spiro atoms. The highest BCUT2D eigenvalue weighted by atomic mass is 16.6. The van der Waals surface area contributed by atoms with Crippen LogP contribution in [0.4, 0.5) is 0 Å². The highest BCUT2D eigenvalue weighted by Crippen LogP contribution is 2.16. The number of carbonyl (C=O) groups is 3. The largest absolute Gasteiger partial charge is 0.462 e. The first-order valence-corrected chi connectivity index (χ1v) is 27.8. The van der Waals surface area contributed by atoms with Crippen LogP contribution in [0.25, 0.3) is 0 Å². The lowest BCUT2D eigenvalue weighted by Crippen LogP contribution is -2.30. The summed E-state index contributed by atoms with van der Waals surface area (Å²) in [5, 5.41) is 0. The normalized spacial score (nSPS) is 12.1. The van der Waals surface area contributed by atoms with Crippen molar-refractivity contribution < 1.29 is 28.6 Å². The average Bonchev–Trinajstić information content (AvgIpc) is 3.28. The Balaban J connectivity index is 4.03. The molecule has 0 fully saturated rings. The number of hydrogen-bond donors (Lipinski definition) is 0. The van der Waals surface area contributed by atoms with E-state index >= 15 is 0 Å². The smallest absolute Gasteiger partial charge is 0.306 e. The average molecular weight is 887 g/mol. The Kier molecular flexibility index (Phi) is 50.8. The van der Waals surface area contributed by atoms with Gasteiger partial charge in [0.25, 0.3) is 0 Å². The molecule has 370 valence electrons. The zero-order valence-corrected chi connectivity index (χ0v) is 42.4. The van der Waals surface area contributed by atoms with Gasteiger partial charge in [-0.2, -0.15) is 0 Å². The molecule has 6 heteroatoms. The van der Waals surface area contributed by atoms with Gasteiger partial charge in [0.1, 0.15) is 13.2 Å². The van der Waals surface area contributed by atoms with E-state index in [1.165, 1.54) is 193 Å². The number of carbonyl (C=O) groups excluding carboxylic acids is 3. The van der Waals surface area contributed by atoms with Crippen LogP contribution < -0.4 is 0 Å². The molecule has 0 aromatic rings. The van der Waals surface area contributed by atoms with Crippen molar-refractivity contribution in [3.05, 3.63) is 24.3 Å². The molecule has 0 saturated carbocycles. The molecule has 0 aromatic heterocycles. The summed E-state index contributed by atoms with van der Waals surface area (Å²) in [7, 11) is 0. The predicted octanol–water partition coefficient (Wildman–Crippen LogP) is 18.3. The van der Waals surface area contributed by atoms with Crippen molar-refractivity contribution in [3.8, 4) is 0 Å². The standard InChI is InChI=1S/C57H106O6/c1-4-7-10-13-15-17-19-21-23-24-25-26-27-28-29-30-31-32-34-35-37-39-41-44-47-50-56(59)62-53-54(52-61-55(58)49-46-43-12-9-6-3)63-57(60)51-48-45-42-40-38-36-33-22-20-18-16-14-11-8-5-2/h22,24-25,33,54H,4-21,23,26-32,34-53H2,1-3H3/b25-24-,33-22-. The van der Waals surface area contributed by atoms with Crippen molar-refractivity contribution in [1.82, 2.24) is 0 Å². The second kappa shape index (κ2) is 52.5. The van der Waals surface area contributed by atoms with Gasteiger partial charge in [-0.1, -0.05) is 238 Å². The molecular formula is C57H106O6. The quantitative estimate of drug-likeness (QED) is 0.0262. The van der Waals surface area contributed by atoms with Crippen LogP contribution in [0.2, 0.25) is 0 Å². The maximum atomic E-state index is 12.7. The van der Waals surface area contributed by atoms with E-state index in [-0.39, 0.29) is 31.1 Å². The van der Waals surface area contributed by atoms with Crippen molar-refractivity contribution >= 4 is 17.9 Å². The van der Waals surface area contributed by atoms with Crippen LogP contribution in [-0.2, 0) is 28.6 Å². The molecule has 0 bridgehead atoms. The van der Waals surface area contributed by atoms with Crippen molar-refractivity contribution in [1.29, 1.82) is 0 Å². The fourth-order valence-electron chi connectivity index (χ4n) is 8.20. The third kappa shape index (κ3) is 50.7. The zero-order chi connectivity index (χ0) is 45.8. The molecule has 63 heavy (non-hydrogen) atoms. The SMILES string of the molecule is CCCCCCCC/C=C\CCCCCCCC(=O)OC(COC(=O)CCCCCCC)COC(=O)CCCCCCCCCCCCCCC/C=C\CCCCCCCCCC. The van der Waals surface area contributed by atoms with Gasteiger partial charge in [0, 0.05) is 19.3 Å². The van der Waals surface area contributed by atoms with Crippen LogP contribution in [0.15, 0.2) is 24.3 Å². The Hall–Kier alpha value is -2.11. The van der Waals surface area contributed by atoms with Crippen LogP contribution in [0, 0.1) is 0 Å². The summed E-state index contributed by atoms with van der Waals surface area (Å²) in [5.74, 6) is -0.881. The highest BCUT2D eigenvalue weighted by Gasteiger charge is 2.19. The van der Waals surface area contributed by atoms with E-state index in [0.29, 0.717) is 19.3 Å². The molecule has 0 radical (unpaired) electrons.